The summed E-state index contributed by atoms with van der Waals surface area (Å²) in [5, 5.41) is 4.28. The molecule has 0 aliphatic heterocycles. The van der Waals surface area contributed by atoms with Crippen LogP contribution in [0.15, 0.2) is 102 Å². The van der Waals surface area contributed by atoms with Crippen LogP contribution in [0.25, 0.3) is 22.4 Å². The molecule has 0 aliphatic rings. The molecule has 2 heterocycles. The second-order valence-electron chi connectivity index (χ2n) is 8.29. The summed E-state index contributed by atoms with van der Waals surface area (Å²) in [6, 6.07) is 30.1. The summed E-state index contributed by atoms with van der Waals surface area (Å²) in [7, 11) is 0. The number of carbonyl (C=O) groups excluding carboxylic acids is 1. The highest BCUT2D eigenvalue weighted by Gasteiger charge is 2.11. The molecule has 5 nitrogen and oxygen atoms in total. The maximum atomic E-state index is 12.4. The molecule has 0 unspecified atom stereocenters. The summed E-state index contributed by atoms with van der Waals surface area (Å²) in [5.41, 5.74) is 4.88. The fourth-order valence-corrected chi connectivity index (χ4v) is 4.00. The van der Waals surface area contributed by atoms with E-state index in [9.17, 15) is 4.79 Å². The standard InChI is InChI=1S/C29H25N3O2/c33-25(17-22-7-3-1-4-8-22)18-23-13-11-21(12-14-23)15-16-30-28-26-19-27(24-9-5-2-6-10-24)34-29(26)32-20-31-28/h1-14,19-20H,15-18H2,(H,30,31,32). The third kappa shape index (κ3) is 5.21. The maximum absolute atomic E-state index is 12.4. The molecule has 0 saturated heterocycles. The van der Waals surface area contributed by atoms with Crippen LogP contribution in [0.2, 0.25) is 0 Å². The van der Waals surface area contributed by atoms with E-state index in [0.29, 0.717) is 18.6 Å². The normalized spacial score (nSPS) is 10.9. The Labute approximate surface area is 198 Å². The average molecular weight is 448 g/mol. The number of rotatable bonds is 9. The number of hydrogen-bond donors (Lipinski definition) is 1. The van der Waals surface area contributed by atoms with Gasteiger partial charge in [0.25, 0.3) is 0 Å². The first-order valence-electron chi connectivity index (χ1n) is 11.4. The van der Waals surface area contributed by atoms with Crippen molar-refractivity contribution < 1.29 is 9.21 Å². The van der Waals surface area contributed by atoms with Crippen molar-refractivity contribution in [2.24, 2.45) is 0 Å². The second kappa shape index (κ2) is 10.1. The zero-order valence-corrected chi connectivity index (χ0v) is 18.8. The molecule has 0 atom stereocenters. The number of ketones is 1. The summed E-state index contributed by atoms with van der Waals surface area (Å²) in [6.07, 6.45) is 3.29. The van der Waals surface area contributed by atoms with Crippen molar-refractivity contribution in [2.75, 3.05) is 11.9 Å². The number of nitrogens with one attached hydrogen (secondary N) is 1. The van der Waals surface area contributed by atoms with E-state index in [1.165, 1.54) is 11.9 Å². The maximum Gasteiger partial charge on any atom is 0.231 e. The lowest BCUT2D eigenvalue weighted by molar-refractivity contribution is -0.117. The molecule has 0 amide bonds. The van der Waals surface area contributed by atoms with Gasteiger partial charge in [0.2, 0.25) is 5.71 Å². The van der Waals surface area contributed by atoms with Gasteiger partial charge in [-0.3, -0.25) is 4.79 Å². The highest BCUT2D eigenvalue weighted by Crippen LogP contribution is 2.29. The molecule has 5 aromatic rings. The number of Topliss-reactive ketones (excluding diaryl/α,β-unsaturated/α-hetero) is 1. The molecule has 3 aromatic carbocycles. The Hall–Kier alpha value is -4.25. The first-order chi connectivity index (χ1) is 16.7. The molecule has 0 aliphatic carbocycles. The second-order valence-corrected chi connectivity index (χ2v) is 8.29. The van der Waals surface area contributed by atoms with Gasteiger partial charge >= 0.3 is 0 Å². The van der Waals surface area contributed by atoms with Crippen molar-refractivity contribution >= 4 is 22.7 Å². The monoisotopic (exact) mass is 447 g/mol. The lowest BCUT2D eigenvalue weighted by atomic mass is 10.0. The van der Waals surface area contributed by atoms with Gasteiger partial charge < -0.3 is 9.73 Å². The smallest absolute Gasteiger partial charge is 0.231 e. The van der Waals surface area contributed by atoms with Crippen molar-refractivity contribution in [3.63, 3.8) is 0 Å². The predicted octanol–water partition coefficient (Wildman–Crippen LogP) is 5.90. The van der Waals surface area contributed by atoms with Crippen molar-refractivity contribution in [1.29, 1.82) is 0 Å². The van der Waals surface area contributed by atoms with Crippen LogP contribution in [0, 0.1) is 0 Å². The van der Waals surface area contributed by atoms with Crippen LogP contribution < -0.4 is 5.32 Å². The Morgan fingerprint density at radius 2 is 1.41 bits per heavy atom. The van der Waals surface area contributed by atoms with Gasteiger partial charge in [-0.2, -0.15) is 0 Å². The van der Waals surface area contributed by atoms with Gasteiger partial charge in [0.15, 0.2) is 0 Å². The summed E-state index contributed by atoms with van der Waals surface area (Å²) >= 11 is 0. The number of furan rings is 1. The van der Waals surface area contributed by atoms with Gasteiger partial charge in [0.05, 0.1) is 5.39 Å². The van der Waals surface area contributed by atoms with E-state index in [0.717, 1.165) is 46.6 Å². The lowest BCUT2D eigenvalue weighted by Gasteiger charge is -2.07. The summed E-state index contributed by atoms with van der Waals surface area (Å²) in [5.74, 6) is 1.76. The third-order valence-electron chi connectivity index (χ3n) is 5.76. The zero-order chi connectivity index (χ0) is 23.2. The molecule has 34 heavy (non-hydrogen) atoms. The molecule has 5 rings (SSSR count). The van der Waals surface area contributed by atoms with Crippen LogP contribution in [0.5, 0.6) is 0 Å². The van der Waals surface area contributed by atoms with E-state index >= 15 is 0 Å². The minimum atomic E-state index is 0.225. The van der Waals surface area contributed by atoms with Crippen LogP contribution in [0.4, 0.5) is 5.82 Å². The number of aromatic nitrogens is 2. The highest BCUT2D eigenvalue weighted by atomic mass is 16.3. The molecule has 0 spiro atoms. The molecule has 0 radical (unpaired) electrons. The Morgan fingerprint density at radius 3 is 2.15 bits per heavy atom. The van der Waals surface area contributed by atoms with Gasteiger partial charge in [0.1, 0.15) is 23.7 Å². The number of anilines is 1. The molecule has 1 N–H and O–H groups in total. The molecule has 2 aromatic heterocycles. The number of carbonyl (C=O) groups is 1. The number of nitrogens with zero attached hydrogens (tertiary/aromatic N) is 2. The number of benzene rings is 3. The molecular weight excluding hydrogens is 422 g/mol. The molecular formula is C29H25N3O2. The van der Waals surface area contributed by atoms with Crippen LogP contribution >= 0.6 is 0 Å². The Morgan fingerprint density at radius 1 is 0.765 bits per heavy atom. The molecule has 0 fully saturated rings. The predicted molar refractivity (Wildman–Crippen MR) is 135 cm³/mol. The van der Waals surface area contributed by atoms with Gasteiger partial charge in [0, 0.05) is 24.9 Å². The van der Waals surface area contributed by atoms with Gasteiger partial charge in [-0.05, 0) is 29.2 Å². The lowest BCUT2D eigenvalue weighted by Crippen LogP contribution is -2.08. The van der Waals surface area contributed by atoms with E-state index in [1.54, 1.807) is 0 Å². The Balaban J connectivity index is 1.17. The van der Waals surface area contributed by atoms with Gasteiger partial charge in [-0.15, -0.1) is 0 Å². The van der Waals surface area contributed by atoms with E-state index < -0.39 is 0 Å². The van der Waals surface area contributed by atoms with Crippen molar-refractivity contribution in [1.82, 2.24) is 9.97 Å². The largest absolute Gasteiger partial charge is 0.438 e. The average Bonchev–Trinajstić information content (AvgIpc) is 3.32. The fraction of sp³-hybridized carbons (Fsp3) is 0.138. The van der Waals surface area contributed by atoms with Crippen LogP contribution in [0.1, 0.15) is 16.7 Å². The van der Waals surface area contributed by atoms with Crippen LogP contribution in [0.3, 0.4) is 0 Å². The van der Waals surface area contributed by atoms with Gasteiger partial charge in [-0.25, -0.2) is 9.97 Å². The van der Waals surface area contributed by atoms with Crippen molar-refractivity contribution in [2.45, 2.75) is 19.3 Å². The number of fused-ring (bicyclic) bond motifs is 1. The SMILES string of the molecule is O=C(Cc1ccccc1)Cc1ccc(CCNc2ncnc3oc(-c4ccccc4)cc23)cc1. The zero-order valence-electron chi connectivity index (χ0n) is 18.8. The Kier molecular flexibility index (Phi) is 6.43. The molecule has 168 valence electrons. The van der Waals surface area contributed by atoms with E-state index in [2.05, 4.69) is 27.4 Å². The van der Waals surface area contributed by atoms with E-state index in [4.69, 9.17) is 4.42 Å². The summed E-state index contributed by atoms with van der Waals surface area (Å²) in [6.45, 7) is 0.726. The molecule has 0 saturated carbocycles. The first-order valence-corrected chi connectivity index (χ1v) is 11.4. The van der Waals surface area contributed by atoms with Gasteiger partial charge in [-0.1, -0.05) is 84.9 Å². The van der Waals surface area contributed by atoms with E-state index in [-0.39, 0.29) is 5.78 Å². The quantitative estimate of drug-likeness (QED) is 0.305. The summed E-state index contributed by atoms with van der Waals surface area (Å²) in [4.78, 5) is 21.0. The topological polar surface area (TPSA) is 68.0 Å². The third-order valence-corrected chi connectivity index (χ3v) is 5.76. The van der Waals surface area contributed by atoms with Crippen molar-refractivity contribution in [3.05, 3.63) is 114 Å². The molecule has 0 bridgehead atoms. The van der Waals surface area contributed by atoms with Crippen LogP contribution in [-0.4, -0.2) is 22.3 Å². The summed E-state index contributed by atoms with van der Waals surface area (Å²) < 4.78 is 5.92. The minimum absolute atomic E-state index is 0.225. The Bertz CT molecular complexity index is 1380. The molecule has 5 heteroatoms. The highest BCUT2D eigenvalue weighted by molar-refractivity contribution is 5.89. The fourth-order valence-electron chi connectivity index (χ4n) is 4.00. The first kappa shape index (κ1) is 21.6. The number of hydrogen-bond acceptors (Lipinski definition) is 5. The van der Waals surface area contributed by atoms with Crippen molar-refractivity contribution in [3.8, 4) is 11.3 Å². The van der Waals surface area contributed by atoms with E-state index in [1.807, 2.05) is 78.9 Å². The minimum Gasteiger partial charge on any atom is -0.438 e. The van der Waals surface area contributed by atoms with Crippen LogP contribution in [-0.2, 0) is 24.1 Å².